The molecule has 0 aromatic heterocycles. The Bertz CT molecular complexity index is 645. The summed E-state index contributed by atoms with van der Waals surface area (Å²) in [5, 5.41) is 6.27. The second kappa shape index (κ2) is 7.71. The molecule has 0 fully saturated rings. The van der Waals surface area contributed by atoms with Crippen molar-refractivity contribution < 1.29 is 9.53 Å². The van der Waals surface area contributed by atoms with Crippen LogP contribution in [0.2, 0.25) is 5.02 Å². The van der Waals surface area contributed by atoms with Crippen LogP contribution in [0.3, 0.4) is 0 Å². The molecule has 0 atom stereocenters. The topological polar surface area (TPSA) is 50.4 Å². The van der Waals surface area contributed by atoms with Crippen molar-refractivity contribution in [3.05, 3.63) is 64.2 Å². The maximum absolute atomic E-state index is 11.8. The number of carbonyl (C=O) groups excluding carboxylic acids is 1. The van der Waals surface area contributed by atoms with Crippen LogP contribution in [0.5, 0.6) is 5.75 Å². The van der Waals surface area contributed by atoms with Gasteiger partial charge in [0.05, 0.1) is 7.11 Å². The van der Waals surface area contributed by atoms with Crippen molar-refractivity contribution in [2.75, 3.05) is 7.11 Å². The highest BCUT2D eigenvalue weighted by Crippen LogP contribution is 2.26. The summed E-state index contributed by atoms with van der Waals surface area (Å²) >= 11 is 6.12. The average molecular weight is 319 g/mol. The summed E-state index contributed by atoms with van der Waals surface area (Å²) in [5.74, 6) is 0.713. The zero-order chi connectivity index (χ0) is 15.9. The summed E-state index contributed by atoms with van der Waals surface area (Å²) in [7, 11) is 1.60. The lowest BCUT2D eigenvalue weighted by Gasteiger charge is -2.12. The quantitative estimate of drug-likeness (QED) is 0.884. The van der Waals surface area contributed by atoms with Crippen molar-refractivity contribution in [1.82, 2.24) is 10.6 Å². The fourth-order valence-corrected chi connectivity index (χ4v) is 2.23. The van der Waals surface area contributed by atoms with Crippen molar-refractivity contribution >= 4 is 17.6 Å². The number of benzene rings is 2. The molecule has 2 N–H and O–H groups in total. The molecule has 2 aromatic rings. The van der Waals surface area contributed by atoms with Crippen LogP contribution in [0.15, 0.2) is 42.5 Å². The SMILES string of the molecule is COc1cc(C)c(Cl)cc1CNC(=O)NCc1ccccc1. The summed E-state index contributed by atoms with van der Waals surface area (Å²) < 4.78 is 5.31. The molecule has 0 radical (unpaired) electrons. The van der Waals surface area contributed by atoms with Gasteiger partial charge in [-0.2, -0.15) is 0 Å². The molecule has 4 nitrogen and oxygen atoms in total. The van der Waals surface area contributed by atoms with E-state index in [9.17, 15) is 4.79 Å². The molecule has 2 aromatic carbocycles. The van der Waals surface area contributed by atoms with E-state index in [1.54, 1.807) is 7.11 Å². The third-order valence-electron chi connectivity index (χ3n) is 3.30. The molecule has 0 unspecified atom stereocenters. The van der Waals surface area contributed by atoms with E-state index in [1.165, 1.54) is 0 Å². The van der Waals surface area contributed by atoms with E-state index in [2.05, 4.69) is 10.6 Å². The molecule has 5 heteroatoms. The number of ether oxygens (including phenoxy) is 1. The van der Waals surface area contributed by atoms with Gasteiger partial charge in [-0.3, -0.25) is 0 Å². The van der Waals surface area contributed by atoms with Gasteiger partial charge in [0, 0.05) is 23.7 Å². The van der Waals surface area contributed by atoms with Gasteiger partial charge in [-0.15, -0.1) is 0 Å². The molecule has 0 bridgehead atoms. The minimum absolute atomic E-state index is 0.234. The highest BCUT2D eigenvalue weighted by Gasteiger charge is 2.08. The summed E-state index contributed by atoms with van der Waals surface area (Å²) in [5.41, 5.74) is 2.83. The monoisotopic (exact) mass is 318 g/mol. The maximum atomic E-state index is 11.8. The first-order valence-electron chi connectivity index (χ1n) is 6.99. The molecule has 2 rings (SSSR count). The molecular formula is C17H19ClN2O2. The Morgan fingerprint density at radius 1 is 1.14 bits per heavy atom. The van der Waals surface area contributed by atoms with Crippen LogP contribution in [0.25, 0.3) is 0 Å². The fraction of sp³-hybridized carbons (Fsp3) is 0.235. The van der Waals surface area contributed by atoms with Crippen LogP contribution in [-0.2, 0) is 13.1 Å². The number of nitrogens with one attached hydrogen (secondary N) is 2. The second-order valence-corrected chi connectivity index (χ2v) is 5.34. The third kappa shape index (κ3) is 4.40. The Hall–Kier alpha value is -2.20. The van der Waals surface area contributed by atoms with Crippen LogP contribution in [-0.4, -0.2) is 13.1 Å². The summed E-state index contributed by atoms with van der Waals surface area (Å²) in [4.78, 5) is 11.8. The van der Waals surface area contributed by atoms with Crippen molar-refractivity contribution in [1.29, 1.82) is 0 Å². The molecule has 0 saturated carbocycles. The van der Waals surface area contributed by atoms with Gasteiger partial charge in [0.15, 0.2) is 0 Å². The first kappa shape index (κ1) is 16.2. The number of carbonyl (C=O) groups is 1. The van der Waals surface area contributed by atoms with Crippen LogP contribution < -0.4 is 15.4 Å². The van der Waals surface area contributed by atoms with E-state index in [-0.39, 0.29) is 6.03 Å². The van der Waals surface area contributed by atoms with E-state index < -0.39 is 0 Å². The molecule has 0 spiro atoms. The third-order valence-corrected chi connectivity index (χ3v) is 3.70. The van der Waals surface area contributed by atoms with E-state index >= 15 is 0 Å². The number of halogens is 1. The van der Waals surface area contributed by atoms with Crippen molar-refractivity contribution in [3.63, 3.8) is 0 Å². The van der Waals surface area contributed by atoms with Gasteiger partial charge < -0.3 is 15.4 Å². The Morgan fingerprint density at radius 2 is 1.82 bits per heavy atom. The highest BCUT2D eigenvalue weighted by molar-refractivity contribution is 6.31. The van der Waals surface area contributed by atoms with E-state index in [0.29, 0.717) is 23.9 Å². The second-order valence-electron chi connectivity index (χ2n) is 4.94. The highest BCUT2D eigenvalue weighted by atomic mass is 35.5. The predicted molar refractivity (Wildman–Crippen MR) is 88.3 cm³/mol. The molecule has 0 aliphatic heterocycles. The normalized spacial score (nSPS) is 10.1. The van der Waals surface area contributed by atoms with E-state index in [1.807, 2.05) is 49.4 Å². The molecule has 0 aliphatic rings. The predicted octanol–water partition coefficient (Wildman–Crippen LogP) is 3.66. The summed E-state index contributed by atoms with van der Waals surface area (Å²) in [6.45, 7) is 2.75. The fourth-order valence-electron chi connectivity index (χ4n) is 2.04. The maximum Gasteiger partial charge on any atom is 0.315 e. The number of amides is 2. The first-order valence-corrected chi connectivity index (χ1v) is 7.36. The van der Waals surface area contributed by atoms with Gasteiger partial charge in [-0.1, -0.05) is 41.9 Å². The van der Waals surface area contributed by atoms with Crippen LogP contribution in [0.4, 0.5) is 4.79 Å². The minimum Gasteiger partial charge on any atom is -0.496 e. The molecule has 116 valence electrons. The van der Waals surface area contributed by atoms with Gasteiger partial charge in [0.2, 0.25) is 0 Å². The Kier molecular flexibility index (Phi) is 5.67. The molecule has 0 saturated heterocycles. The number of hydrogen-bond acceptors (Lipinski definition) is 2. The van der Waals surface area contributed by atoms with Crippen molar-refractivity contribution in [3.8, 4) is 5.75 Å². The van der Waals surface area contributed by atoms with Gasteiger partial charge in [0.25, 0.3) is 0 Å². The van der Waals surface area contributed by atoms with Crippen LogP contribution >= 0.6 is 11.6 Å². The van der Waals surface area contributed by atoms with E-state index in [4.69, 9.17) is 16.3 Å². The minimum atomic E-state index is -0.234. The lowest BCUT2D eigenvalue weighted by Crippen LogP contribution is -2.34. The lowest BCUT2D eigenvalue weighted by molar-refractivity contribution is 0.240. The number of aryl methyl sites for hydroxylation is 1. The smallest absolute Gasteiger partial charge is 0.315 e. The van der Waals surface area contributed by atoms with E-state index in [0.717, 1.165) is 16.7 Å². The average Bonchev–Trinajstić information content (AvgIpc) is 2.54. The molecule has 0 aliphatic carbocycles. The van der Waals surface area contributed by atoms with Gasteiger partial charge in [-0.25, -0.2) is 4.79 Å². The summed E-state index contributed by atoms with van der Waals surface area (Å²) in [6, 6.07) is 13.2. The largest absolute Gasteiger partial charge is 0.496 e. The van der Waals surface area contributed by atoms with Crippen molar-refractivity contribution in [2.45, 2.75) is 20.0 Å². The summed E-state index contributed by atoms with van der Waals surface area (Å²) in [6.07, 6.45) is 0. The van der Waals surface area contributed by atoms with Gasteiger partial charge >= 0.3 is 6.03 Å². The molecule has 0 heterocycles. The zero-order valence-corrected chi connectivity index (χ0v) is 13.4. The zero-order valence-electron chi connectivity index (χ0n) is 12.7. The van der Waals surface area contributed by atoms with Gasteiger partial charge in [-0.05, 0) is 30.2 Å². The Morgan fingerprint density at radius 3 is 2.50 bits per heavy atom. The Balaban J connectivity index is 1.90. The number of urea groups is 1. The Labute approximate surface area is 135 Å². The number of hydrogen-bond donors (Lipinski definition) is 2. The van der Waals surface area contributed by atoms with Gasteiger partial charge in [0.1, 0.15) is 5.75 Å². The first-order chi connectivity index (χ1) is 10.6. The van der Waals surface area contributed by atoms with Crippen LogP contribution in [0, 0.1) is 6.92 Å². The number of rotatable bonds is 5. The molecule has 22 heavy (non-hydrogen) atoms. The molecular weight excluding hydrogens is 300 g/mol. The standard InChI is InChI=1S/C17H19ClN2O2/c1-12-8-16(22-2)14(9-15(12)18)11-20-17(21)19-10-13-6-4-3-5-7-13/h3-9H,10-11H2,1-2H3,(H2,19,20,21). The van der Waals surface area contributed by atoms with Crippen molar-refractivity contribution in [2.24, 2.45) is 0 Å². The number of methoxy groups -OCH3 is 1. The lowest BCUT2D eigenvalue weighted by atomic mass is 10.1. The van der Waals surface area contributed by atoms with Crippen LogP contribution in [0.1, 0.15) is 16.7 Å². The molecule has 2 amide bonds.